The van der Waals surface area contributed by atoms with Crippen LogP contribution in [0.3, 0.4) is 0 Å². The molecule has 35 heavy (non-hydrogen) atoms. The van der Waals surface area contributed by atoms with Crippen LogP contribution in [0.15, 0.2) is 48.7 Å². The first-order chi connectivity index (χ1) is 17.0. The fourth-order valence-corrected chi connectivity index (χ4v) is 5.99. The van der Waals surface area contributed by atoms with E-state index >= 15 is 0 Å². The van der Waals surface area contributed by atoms with Crippen molar-refractivity contribution in [2.45, 2.75) is 32.9 Å². The third-order valence-electron chi connectivity index (χ3n) is 7.33. The summed E-state index contributed by atoms with van der Waals surface area (Å²) in [6, 6.07) is 14.1. The van der Waals surface area contributed by atoms with Gasteiger partial charge in [-0.2, -0.15) is 0 Å². The van der Waals surface area contributed by atoms with Crippen molar-refractivity contribution in [3.8, 4) is 5.69 Å². The summed E-state index contributed by atoms with van der Waals surface area (Å²) in [5.41, 5.74) is 7.07. The number of benzene rings is 1. The normalized spacial score (nSPS) is 20.9. The van der Waals surface area contributed by atoms with Crippen LogP contribution in [0.2, 0.25) is 5.02 Å². The number of hydrogen-bond donors (Lipinski definition) is 1. The largest absolute Gasteiger partial charge is 0.379 e. The SMILES string of the molecule is Cc1c([C@H]2[C@@H](c3ccccn3)NC(=S)N2CCN2CCOCC2)c(C)n(-c2cccc(Cl)c2)c1C. The van der Waals surface area contributed by atoms with Crippen LogP contribution in [-0.4, -0.2) is 63.9 Å². The van der Waals surface area contributed by atoms with Gasteiger partial charge in [0.15, 0.2) is 5.11 Å². The summed E-state index contributed by atoms with van der Waals surface area (Å²) in [5, 5.41) is 5.13. The molecule has 0 spiro atoms. The number of nitrogens with one attached hydrogen (secondary N) is 1. The highest BCUT2D eigenvalue weighted by molar-refractivity contribution is 7.80. The van der Waals surface area contributed by atoms with Crippen LogP contribution in [0.5, 0.6) is 0 Å². The molecule has 5 rings (SSSR count). The highest BCUT2D eigenvalue weighted by Gasteiger charge is 2.42. The molecule has 0 aliphatic carbocycles. The number of pyridine rings is 1. The molecule has 4 heterocycles. The molecule has 2 aliphatic rings. The van der Waals surface area contributed by atoms with Crippen LogP contribution in [0.4, 0.5) is 0 Å². The molecule has 0 unspecified atom stereocenters. The predicted molar refractivity (Wildman–Crippen MR) is 144 cm³/mol. The molecule has 2 aromatic heterocycles. The van der Waals surface area contributed by atoms with Gasteiger partial charge in [-0.05, 0) is 68.9 Å². The monoisotopic (exact) mass is 509 g/mol. The minimum absolute atomic E-state index is 0.0274. The van der Waals surface area contributed by atoms with Crippen molar-refractivity contribution in [3.63, 3.8) is 0 Å². The highest BCUT2D eigenvalue weighted by Crippen LogP contribution is 2.43. The number of hydrogen-bond acceptors (Lipinski definition) is 4. The number of nitrogens with zero attached hydrogens (tertiary/aromatic N) is 4. The first kappa shape index (κ1) is 24.3. The van der Waals surface area contributed by atoms with Gasteiger partial charge in [0.05, 0.1) is 31.0 Å². The van der Waals surface area contributed by atoms with E-state index in [-0.39, 0.29) is 12.1 Å². The Morgan fingerprint density at radius 2 is 1.86 bits per heavy atom. The van der Waals surface area contributed by atoms with E-state index in [1.165, 1.54) is 22.5 Å². The number of ether oxygens (including phenoxy) is 1. The quantitative estimate of drug-likeness (QED) is 0.484. The van der Waals surface area contributed by atoms with Crippen LogP contribution in [0, 0.1) is 20.8 Å². The third-order valence-corrected chi connectivity index (χ3v) is 7.92. The molecule has 2 saturated heterocycles. The molecule has 1 N–H and O–H groups in total. The zero-order valence-corrected chi connectivity index (χ0v) is 22.1. The van der Waals surface area contributed by atoms with E-state index in [2.05, 4.69) is 52.6 Å². The van der Waals surface area contributed by atoms with Gasteiger partial charge >= 0.3 is 0 Å². The topological polar surface area (TPSA) is 45.6 Å². The number of halogens is 1. The second-order valence-electron chi connectivity index (χ2n) is 9.30. The summed E-state index contributed by atoms with van der Waals surface area (Å²) in [6.07, 6.45) is 1.86. The predicted octanol–water partition coefficient (Wildman–Crippen LogP) is 4.76. The molecule has 2 fully saturated rings. The third kappa shape index (κ3) is 4.70. The Balaban J connectivity index is 1.57. The van der Waals surface area contributed by atoms with Gasteiger partial charge in [0, 0.05) is 60.0 Å². The minimum atomic E-state index is -0.0274. The maximum atomic E-state index is 6.36. The summed E-state index contributed by atoms with van der Waals surface area (Å²) in [4.78, 5) is 9.53. The van der Waals surface area contributed by atoms with E-state index < -0.39 is 0 Å². The van der Waals surface area contributed by atoms with Gasteiger partial charge in [0.1, 0.15) is 0 Å². The average Bonchev–Trinajstić information content (AvgIpc) is 3.30. The number of thiocarbonyl (C=S) groups is 1. The number of aromatic nitrogens is 2. The molecule has 0 bridgehead atoms. The van der Waals surface area contributed by atoms with E-state index in [4.69, 9.17) is 33.5 Å². The molecule has 6 nitrogen and oxygen atoms in total. The van der Waals surface area contributed by atoms with Gasteiger partial charge in [-0.25, -0.2) is 0 Å². The van der Waals surface area contributed by atoms with Crippen LogP contribution in [0.25, 0.3) is 5.69 Å². The maximum absolute atomic E-state index is 6.36. The molecule has 8 heteroatoms. The smallest absolute Gasteiger partial charge is 0.170 e. The second kappa shape index (κ2) is 10.3. The Hall–Kier alpha value is -2.45. The molecule has 0 radical (unpaired) electrons. The van der Waals surface area contributed by atoms with Crippen LogP contribution >= 0.6 is 23.8 Å². The number of morpholine rings is 1. The lowest BCUT2D eigenvalue weighted by molar-refractivity contribution is 0.0350. The minimum Gasteiger partial charge on any atom is -0.379 e. The molecule has 2 atom stereocenters. The van der Waals surface area contributed by atoms with Crippen LogP contribution < -0.4 is 5.32 Å². The van der Waals surface area contributed by atoms with Crippen molar-refractivity contribution in [1.82, 2.24) is 24.7 Å². The number of rotatable bonds is 6. The summed E-state index contributed by atoms with van der Waals surface area (Å²) in [5.74, 6) is 0. The molecular weight excluding hydrogens is 478 g/mol. The Morgan fingerprint density at radius 1 is 1.06 bits per heavy atom. The van der Waals surface area contributed by atoms with Gasteiger partial charge in [-0.15, -0.1) is 0 Å². The van der Waals surface area contributed by atoms with Gasteiger partial charge in [-0.3, -0.25) is 9.88 Å². The van der Waals surface area contributed by atoms with E-state index in [0.29, 0.717) is 0 Å². The Kier molecular flexibility index (Phi) is 7.12. The first-order valence-corrected chi connectivity index (χ1v) is 13.0. The van der Waals surface area contributed by atoms with Crippen molar-refractivity contribution in [2.75, 3.05) is 39.4 Å². The fraction of sp³-hybridized carbons (Fsp3) is 0.407. The van der Waals surface area contributed by atoms with Gasteiger partial charge in [0.25, 0.3) is 0 Å². The van der Waals surface area contributed by atoms with Crippen molar-refractivity contribution in [3.05, 3.63) is 81.9 Å². The lowest BCUT2D eigenvalue weighted by Gasteiger charge is -2.32. The lowest BCUT2D eigenvalue weighted by Crippen LogP contribution is -2.42. The Bertz CT molecular complexity index is 1210. The summed E-state index contributed by atoms with van der Waals surface area (Å²) in [6.45, 7) is 11.9. The van der Waals surface area contributed by atoms with Crippen molar-refractivity contribution < 1.29 is 4.74 Å². The van der Waals surface area contributed by atoms with E-state index in [0.717, 1.165) is 60.9 Å². The van der Waals surface area contributed by atoms with Gasteiger partial charge < -0.3 is 19.5 Å². The summed E-state index contributed by atoms with van der Waals surface area (Å²) in [7, 11) is 0. The Morgan fingerprint density at radius 3 is 2.57 bits per heavy atom. The first-order valence-electron chi connectivity index (χ1n) is 12.2. The zero-order chi connectivity index (χ0) is 24.5. The molecule has 3 aromatic rings. The maximum Gasteiger partial charge on any atom is 0.170 e. The van der Waals surface area contributed by atoms with Crippen molar-refractivity contribution >= 4 is 28.9 Å². The fourth-order valence-electron chi connectivity index (χ4n) is 5.48. The average molecular weight is 510 g/mol. The standard InChI is InChI=1S/C27H32ClN5OS/c1-18-19(2)33(22-8-6-7-21(28)17-22)20(3)24(18)26-25(23-9-4-5-10-29-23)30-27(35)32(26)12-11-31-13-15-34-16-14-31/h4-10,17,25-26H,11-16H2,1-3H3,(H,30,35)/t25-,26+/m1/s1. The Labute approximate surface area is 217 Å². The molecule has 1 aromatic carbocycles. The van der Waals surface area contributed by atoms with Gasteiger partial charge in [-0.1, -0.05) is 23.7 Å². The van der Waals surface area contributed by atoms with E-state index in [1.54, 1.807) is 0 Å². The van der Waals surface area contributed by atoms with Crippen molar-refractivity contribution in [2.24, 2.45) is 0 Å². The lowest BCUT2D eigenvalue weighted by atomic mass is 9.93. The zero-order valence-electron chi connectivity index (χ0n) is 20.5. The second-order valence-corrected chi connectivity index (χ2v) is 10.1. The molecule has 0 amide bonds. The molecule has 0 saturated carbocycles. The van der Waals surface area contributed by atoms with E-state index in [1.807, 2.05) is 36.5 Å². The van der Waals surface area contributed by atoms with Crippen molar-refractivity contribution in [1.29, 1.82) is 0 Å². The molecule has 2 aliphatic heterocycles. The van der Waals surface area contributed by atoms with E-state index in [9.17, 15) is 0 Å². The van der Waals surface area contributed by atoms with Crippen LogP contribution in [-0.2, 0) is 4.74 Å². The molecule has 184 valence electrons. The van der Waals surface area contributed by atoms with Gasteiger partial charge in [0.2, 0.25) is 0 Å². The summed E-state index contributed by atoms with van der Waals surface area (Å²) < 4.78 is 7.86. The highest BCUT2D eigenvalue weighted by atomic mass is 35.5. The summed E-state index contributed by atoms with van der Waals surface area (Å²) >= 11 is 12.3. The van der Waals surface area contributed by atoms with Crippen LogP contribution in [0.1, 0.15) is 40.3 Å². The molecular formula is C27H32ClN5OS.